The molecule has 0 amide bonds. The van der Waals surface area contributed by atoms with Crippen LogP contribution in [-0.4, -0.2) is 23.7 Å². The van der Waals surface area contributed by atoms with Crippen molar-refractivity contribution < 1.29 is 26.0 Å². The Bertz CT molecular complexity index is 437. The number of rotatable bonds is 3. The van der Waals surface area contributed by atoms with E-state index >= 15 is 0 Å². The van der Waals surface area contributed by atoms with E-state index in [1.807, 2.05) is 0 Å². The molecule has 0 spiro atoms. The van der Waals surface area contributed by atoms with Crippen molar-refractivity contribution >= 4 is 12.6 Å². The smallest absolute Gasteiger partial charge is 0.488 e. The predicted octanol–water partition coefficient (Wildman–Crippen LogP) is -0.0958. The molecule has 3 nitrogen and oxygen atoms in total. The van der Waals surface area contributed by atoms with E-state index in [0.717, 1.165) is 18.2 Å². The Labute approximate surface area is 82.9 Å². The second kappa shape index (κ2) is 4.25. The average molecular weight is 189 g/mol. The Balaban J connectivity index is 3.05. The van der Waals surface area contributed by atoms with Crippen LogP contribution in [0.3, 0.4) is 0 Å². The average Bonchev–Trinajstić information content (AvgIpc) is 2.13. The molecule has 0 aliphatic heterocycles. The second-order valence-electron chi connectivity index (χ2n) is 2.30. The van der Waals surface area contributed by atoms with E-state index in [1.54, 1.807) is 0 Å². The third-order valence-electron chi connectivity index (χ3n) is 1.36. The molecule has 0 aromatic heterocycles. The molecule has 0 radical (unpaired) electrons. The van der Waals surface area contributed by atoms with Gasteiger partial charge in [0.1, 0.15) is 11.6 Å². The monoisotopic (exact) mass is 189 g/mol. The van der Waals surface area contributed by atoms with Crippen LogP contribution in [0.25, 0.3) is 0 Å². The largest absolute Gasteiger partial charge is 0.494 e. The lowest BCUT2D eigenvalue weighted by Gasteiger charge is -2.05. The highest BCUT2D eigenvalue weighted by atomic mass is 19.1. The summed E-state index contributed by atoms with van der Waals surface area (Å²) in [6.45, 7) is -6.07. The molecule has 0 saturated heterocycles. The standard InChI is InChI=1S/C8H10BFO3/c1-2-13-8-4-6(9(11)12)3-7(10)5-8/h3-5,11-12H,2H2,1H3/i1D3,2D2. The van der Waals surface area contributed by atoms with Crippen molar-refractivity contribution in [3.05, 3.63) is 24.0 Å². The van der Waals surface area contributed by atoms with Crippen molar-refractivity contribution in [2.75, 3.05) is 6.56 Å². The molecule has 5 heteroatoms. The van der Waals surface area contributed by atoms with E-state index < -0.39 is 32.1 Å². The first-order valence-corrected chi connectivity index (χ1v) is 3.38. The van der Waals surface area contributed by atoms with Crippen LogP contribution in [0.4, 0.5) is 4.39 Å². The summed E-state index contributed by atoms with van der Waals surface area (Å²) < 4.78 is 52.8. The minimum Gasteiger partial charge on any atom is -0.494 e. The Morgan fingerprint density at radius 1 is 1.62 bits per heavy atom. The van der Waals surface area contributed by atoms with E-state index in [0.29, 0.717) is 0 Å². The number of hydrogen-bond donors (Lipinski definition) is 2. The first-order chi connectivity index (χ1) is 8.03. The number of benzene rings is 1. The number of ether oxygens (including phenoxy) is 1. The third-order valence-corrected chi connectivity index (χ3v) is 1.36. The maximum absolute atomic E-state index is 13.1. The molecule has 2 N–H and O–H groups in total. The number of halogens is 1. The molecule has 0 heterocycles. The maximum atomic E-state index is 13.1. The van der Waals surface area contributed by atoms with Gasteiger partial charge in [0.15, 0.2) is 0 Å². The van der Waals surface area contributed by atoms with Crippen molar-refractivity contribution in [1.82, 2.24) is 0 Å². The van der Waals surface area contributed by atoms with Gasteiger partial charge in [-0.3, -0.25) is 0 Å². The molecule has 0 saturated carbocycles. The van der Waals surface area contributed by atoms with E-state index in [9.17, 15) is 4.39 Å². The van der Waals surface area contributed by atoms with Gasteiger partial charge in [-0.15, -0.1) is 0 Å². The van der Waals surface area contributed by atoms with Gasteiger partial charge in [-0.2, -0.15) is 0 Å². The highest BCUT2D eigenvalue weighted by Gasteiger charge is 2.13. The van der Waals surface area contributed by atoms with Crippen molar-refractivity contribution in [2.45, 2.75) is 6.85 Å². The topological polar surface area (TPSA) is 49.7 Å². The summed E-state index contributed by atoms with van der Waals surface area (Å²) in [7, 11) is -1.97. The summed E-state index contributed by atoms with van der Waals surface area (Å²) in [5.74, 6) is -1.35. The Morgan fingerprint density at radius 3 is 3.00 bits per heavy atom. The van der Waals surface area contributed by atoms with Crippen molar-refractivity contribution in [2.24, 2.45) is 0 Å². The molecular weight excluding hydrogens is 174 g/mol. The van der Waals surface area contributed by atoms with Crippen LogP contribution in [0.5, 0.6) is 5.75 Å². The molecule has 13 heavy (non-hydrogen) atoms. The number of hydrogen-bond acceptors (Lipinski definition) is 3. The maximum Gasteiger partial charge on any atom is 0.488 e. The molecule has 1 rings (SSSR count). The molecule has 70 valence electrons. The highest BCUT2D eigenvalue weighted by molar-refractivity contribution is 6.58. The van der Waals surface area contributed by atoms with Crippen LogP contribution < -0.4 is 10.2 Å². The SMILES string of the molecule is [2H]C([2H])([2H])C([2H])([2H])Oc1cc(F)cc(B(O)O)c1. The highest BCUT2D eigenvalue weighted by Crippen LogP contribution is 2.10. The fourth-order valence-corrected chi connectivity index (χ4v) is 0.851. The normalized spacial score (nSPS) is 17.6. The van der Waals surface area contributed by atoms with Crippen LogP contribution in [0.1, 0.15) is 13.7 Å². The first kappa shape index (κ1) is 4.98. The molecule has 0 aliphatic carbocycles. The van der Waals surface area contributed by atoms with Gasteiger partial charge in [0, 0.05) is 10.2 Å². The van der Waals surface area contributed by atoms with Gasteiger partial charge in [-0.05, 0) is 24.4 Å². The molecule has 0 unspecified atom stereocenters. The molecule has 1 aromatic rings. The van der Waals surface area contributed by atoms with Crippen LogP contribution >= 0.6 is 0 Å². The minimum atomic E-state index is -3.06. The van der Waals surface area contributed by atoms with Gasteiger partial charge in [0.25, 0.3) is 0 Å². The molecule has 0 atom stereocenters. The fourth-order valence-electron chi connectivity index (χ4n) is 0.851. The van der Waals surface area contributed by atoms with Gasteiger partial charge < -0.3 is 14.8 Å². The molecule has 1 aromatic carbocycles. The zero-order chi connectivity index (χ0) is 14.1. The first-order valence-electron chi connectivity index (χ1n) is 5.88. The minimum absolute atomic E-state index is 0.272. The zero-order valence-corrected chi connectivity index (χ0v) is 6.49. The van der Waals surface area contributed by atoms with E-state index in [1.165, 1.54) is 0 Å². The lowest BCUT2D eigenvalue weighted by Crippen LogP contribution is -2.30. The molecule has 0 fully saturated rings. The second-order valence-corrected chi connectivity index (χ2v) is 2.30. The van der Waals surface area contributed by atoms with E-state index in [-0.39, 0.29) is 5.46 Å². The summed E-state index contributed by atoms with van der Waals surface area (Å²) in [5.41, 5.74) is -0.272. The Morgan fingerprint density at radius 2 is 2.38 bits per heavy atom. The van der Waals surface area contributed by atoms with Crippen LogP contribution in [0, 0.1) is 5.82 Å². The van der Waals surface area contributed by atoms with Gasteiger partial charge in [0.2, 0.25) is 0 Å². The van der Waals surface area contributed by atoms with Gasteiger partial charge in [-0.1, -0.05) is 0 Å². The van der Waals surface area contributed by atoms with Gasteiger partial charge in [0.05, 0.1) is 9.30 Å². The summed E-state index contributed by atoms with van der Waals surface area (Å²) in [6.07, 6.45) is 0. The van der Waals surface area contributed by atoms with Crippen LogP contribution in [0.15, 0.2) is 18.2 Å². The van der Waals surface area contributed by atoms with Crippen LogP contribution in [0.2, 0.25) is 0 Å². The summed E-state index contributed by atoms with van der Waals surface area (Å²) in [4.78, 5) is 0. The van der Waals surface area contributed by atoms with Gasteiger partial charge >= 0.3 is 7.12 Å². The van der Waals surface area contributed by atoms with Crippen molar-refractivity contribution in [1.29, 1.82) is 0 Å². The third kappa shape index (κ3) is 2.71. The fraction of sp³-hybridized carbons (Fsp3) is 0.250. The van der Waals surface area contributed by atoms with E-state index in [4.69, 9.17) is 16.9 Å². The van der Waals surface area contributed by atoms with Crippen LogP contribution in [-0.2, 0) is 0 Å². The Hall–Kier alpha value is -1.07. The van der Waals surface area contributed by atoms with E-state index in [2.05, 4.69) is 4.74 Å². The quantitative estimate of drug-likeness (QED) is 0.653. The lowest BCUT2D eigenvalue weighted by molar-refractivity contribution is 0.338. The summed E-state index contributed by atoms with van der Waals surface area (Å²) in [5, 5.41) is 17.7. The Kier molecular flexibility index (Phi) is 1.63. The molecule has 0 bridgehead atoms. The van der Waals surface area contributed by atoms with Crippen molar-refractivity contribution in [3.63, 3.8) is 0 Å². The lowest BCUT2D eigenvalue weighted by atomic mass is 9.80. The molecular formula is C8H10BFO3. The predicted molar refractivity (Wildman–Crippen MR) is 47.4 cm³/mol. The molecule has 0 aliphatic rings. The van der Waals surface area contributed by atoms with Crippen molar-refractivity contribution in [3.8, 4) is 5.75 Å². The summed E-state index contributed by atoms with van der Waals surface area (Å²) >= 11 is 0. The zero-order valence-electron chi connectivity index (χ0n) is 11.5. The van der Waals surface area contributed by atoms with Gasteiger partial charge in [-0.25, -0.2) is 4.39 Å². The summed E-state index contributed by atoms with van der Waals surface area (Å²) in [6, 6.07) is 2.50.